The Morgan fingerprint density at radius 1 is 0.121 bits per heavy atom. The van der Waals surface area contributed by atoms with Crippen LogP contribution >= 0.6 is 0 Å². The average Bonchev–Trinajstić information content (AvgIpc) is 0.731. The van der Waals surface area contributed by atoms with Crippen LogP contribution in [-0.4, -0.2) is 0 Å². The lowest BCUT2D eigenvalue weighted by molar-refractivity contribution is 1.28. The molecule has 0 aliphatic carbocycles. The Kier molecular flexibility index (Phi) is 17.7. The molecule has 0 fully saturated rings. The summed E-state index contributed by atoms with van der Waals surface area (Å²) in [6.07, 6.45) is 0. The van der Waals surface area contributed by atoms with Gasteiger partial charge in [-0.1, -0.05) is 376 Å². The number of hydrogen-bond donors (Lipinski definition) is 0. The number of para-hydroxylation sites is 1. The van der Waals surface area contributed by atoms with Gasteiger partial charge in [0.1, 0.15) is 0 Å². The predicted octanol–water partition coefficient (Wildman–Crippen LogP) is 32.2. The van der Waals surface area contributed by atoms with Gasteiger partial charge in [-0.15, -0.1) is 0 Å². The maximum absolute atomic E-state index is 2.45. The van der Waals surface area contributed by atoms with Crippen LogP contribution in [0, 0.1) is 0 Å². The molecule has 0 unspecified atom stereocenters. The standard InChI is InChI=1S/C114H76N2/c1-2-25-83(26-3-1)108-71-70-105(111-52-23-50-107(114(108)111)84-58-65-94(66-59-84)115(96-40-17-38-89(74-96)103-48-20-33-80-28-7-11-43-99(80)103)93-63-56-78(57-64-93)87-36-16-37-88(72-87)102-47-19-32-79-27-6-10-42-98(79)102)92-62-69-110(109-51-22-35-82-30-9-13-45-101(82)109)112(76-92)85-60-67-95(68-61-85)116(97-41-18-39-90(75-97)104-49-21-34-81-29-8-12-44-100(81)104)113-53-15-14-46-106(113)91-55-54-77-24-4-5-31-86(77)73-91/h1-76H. The molecular weight excluding hydrogens is 1400 g/mol. The molecule has 21 rings (SSSR count). The van der Waals surface area contributed by atoms with Crippen molar-refractivity contribution in [3.05, 3.63) is 461 Å². The summed E-state index contributed by atoms with van der Waals surface area (Å²) >= 11 is 0. The zero-order valence-corrected chi connectivity index (χ0v) is 63.8. The zero-order chi connectivity index (χ0) is 76.8. The predicted molar refractivity (Wildman–Crippen MR) is 495 cm³/mol. The van der Waals surface area contributed by atoms with Gasteiger partial charge in [0, 0.05) is 34.0 Å². The van der Waals surface area contributed by atoms with E-state index in [2.05, 4.69) is 471 Å². The van der Waals surface area contributed by atoms with Gasteiger partial charge in [-0.3, -0.25) is 0 Å². The molecule has 21 aromatic rings. The fraction of sp³-hybridized carbons (Fsp3) is 0. The van der Waals surface area contributed by atoms with Gasteiger partial charge in [-0.25, -0.2) is 0 Å². The van der Waals surface area contributed by atoms with E-state index < -0.39 is 0 Å². The molecule has 0 N–H and O–H groups in total. The van der Waals surface area contributed by atoms with Crippen molar-refractivity contribution < 1.29 is 0 Å². The van der Waals surface area contributed by atoms with E-state index in [0.29, 0.717) is 0 Å². The number of anilines is 6. The van der Waals surface area contributed by atoms with Gasteiger partial charge in [-0.05, 0) is 255 Å². The van der Waals surface area contributed by atoms with E-state index in [4.69, 9.17) is 0 Å². The summed E-state index contributed by atoms with van der Waals surface area (Å²) in [7, 11) is 0. The first kappa shape index (κ1) is 68.8. The molecule has 0 saturated heterocycles. The summed E-state index contributed by atoms with van der Waals surface area (Å²) in [5.41, 5.74) is 29.7. The second-order valence-corrected chi connectivity index (χ2v) is 30.2. The topological polar surface area (TPSA) is 6.48 Å². The highest BCUT2D eigenvalue weighted by Gasteiger charge is 2.24. The SMILES string of the molecule is c1ccc(-c2ccc(-c3ccc(-c4cccc5ccccc45)c(-c4ccc(N(c5cccc(-c6cccc7ccccc67)c5)c5ccccc5-c5ccc6ccccc6c5)cc4)c3)c3cccc(-c4ccc(N(c5ccc(-c6cccc(-c7cccc8ccccc78)c6)cc5)c5cccc(-c6cccc7ccccc67)c5)cc4)c23)cc1. The fourth-order valence-electron chi connectivity index (χ4n) is 17.9. The summed E-state index contributed by atoms with van der Waals surface area (Å²) < 4.78 is 0. The Morgan fingerprint density at radius 2 is 0.448 bits per heavy atom. The monoisotopic (exact) mass is 1470 g/mol. The van der Waals surface area contributed by atoms with E-state index in [1.807, 2.05) is 0 Å². The Bertz CT molecular complexity index is 7300. The largest absolute Gasteiger partial charge is 0.310 e. The van der Waals surface area contributed by atoms with Gasteiger partial charge in [0.15, 0.2) is 0 Å². The van der Waals surface area contributed by atoms with Gasteiger partial charge in [0.05, 0.1) is 5.69 Å². The van der Waals surface area contributed by atoms with Crippen molar-refractivity contribution in [2.75, 3.05) is 9.80 Å². The van der Waals surface area contributed by atoms with Gasteiger partial charge in [0.2, 0.25) is 0 Å². The van der Waals surface area contributed by atoms with Crippen molar-refractivity contribution in [1.82, 2.24) is 0 Å². The molecule has 21 aromatic carbocycles. The molecule has 542 valence electrons. The first-order chi connectivity index (χ1) is 57.5. The second kappa shape index (κ2) is 29.8. The first-order valence-corrected chi connectivity index (χ1v) is 40.0. The van der Waals surface area contributed by atoms with Gasteiger partial charge in [0.25, 0.3) is 0 Å². The lowest BCUT2D eigenvalue weighted by Gasteiger charge is -2.29. The molecule has 2 heteroatoms. The normalized spacial score (nSPS) is 11.4. The summed E-state index contributed by atoms with van der Waals surface area (Å²) in [5.74, 6) is 0. The second-order valence-electron chi connectivity index (χ2n) is 30.2. The maximum Gasteiger partial charge on any atom is 0.0540 e. The third-order valence-corrected chi connectivity index (χ3v) is 23.4. The van der Waals surface area contributed by atoms with Gasteiger partial charge in [-0.2, -0.15) is 0 Å². The minimum Gasteiger partial charge on any atom is -0.310 e. The molecule has 0 spiro atoms. The van der Waals surface area contributed by atoms with E-state index in [9.17, 15) is 0 Å². The van der Waals surface area contributed by atoms with Crippen LogP contribution in [0.15, 0.2) is 461 Å². The minimum atomic E-state index is 1.05. The van der Waals surface area contributed by atoms with Crippen LogP contribution < -0.4 is 9.80 Å². The van der Waals surface area contributed by atoms with Crippen molar-refractivity contribution in [3.8, 4) is 111 Å². The van der Waals surface area contributed by atoms with E-state index in [-0.39, 0.29) is 0 Å². The molecule has 0 saturated carbocycles. The Labute approximate surface area is 676 Å². The molecule has 0 amide bonds. The van der Waals surface area contributed by atoms with Crippen LogP contribution in [0.4, 0.5) is 34.1 Å². The summed E-state index contributed by atoms with van der Waals surface area (Å²) in [4.78, 5) is 4.86. The number of nitrogens with zero attached hydrogens (tertiary/aromatic N) is 2. The maximum atomic E-state index is 2.45. The molecule has 2 nitrogen and oxygen atoms in total. The Balaban J connectivity index is 0.688. The molecule has 0 aromatic heterocycles. The summed E-state index contributed by atoms with van der Waals surface area (Å²) in [5, 5.41) is 14.6. The summed E-state index contributed by atoms with van der Waals surface area (Å²) in [6, 6.07) is 170. The van der Waals surface area contributed by atoms with Crippen LogP contribution in [0.1, 0.15) is 0 Å². The highest BCUT2D eigenvalue weighted by molar-refractivity contribution is 6.13. The van der Waals surface area contributed by atoms with Crippen LogP contribution in [-0.2, 0) is 0 Å². The zero-order valence-electron chi connectivity index (χ0n) is 63.8. The van der Waals surface area contributed by atoms with Crippen LogP contribution in [0.3, 0.4) is 0 Å². The van der Waals surface area contributed by atoms with Crippen molar-refractivity contribution in [3.63, 3.8) is 0 Å². The van der Waals surface area contributed by atoms with Crippen molar-refractivity contribution in [2.24, 2.45) is 0 Å². The van der Waals surface area contributed by atoms with Crippen molar-refractivity contribution in [1.29, 1.82) is 0 Å². The van der Waals surface area contributed by atoms with E-state index in [1.165, 1.54) is 109 Å². The Hall–Kier alpha value is -15.2. The highest BCUT2D eigenvalue weighted by atomic mass is 15.1. The lowest BCUT2D eigenvalue weighted by Crippen LogP contribution is -2.11. The molecule has 0 aliphatic heterocycles. The molecule has 0 bridgehead atoms. The number of fused-ring (bicyclic) bond motifs is 6. The van der Waals surface area contributed by atoms with E-state index in [1.54, 1.807) is 0 Å². The first-order valence-electron chi connectivity index (χ1n) is 40.0. The van der Waals surface area contributed by atoms with E-state index >= 15 is 0 Å². The highest BCUT2D eigenvalue weighted by Crippen LogP contribution is 2.49. The van der Waals surface area contributed by atoms with Crippen LogP contribution in [0.5, 0.6) is 0 Å². The number of rotatable bonds is 16. The molecule has 0 heterocycles. The number of hydrogen-bond acceptors (Lipinski definition) is 2. The molecular formula is C114H76N2. The Morgan fingerprint density at radius 3 is 1.04 bits per heavy atom. The third-order valence-electron chi connectivity index (χ3n) is 23.4. The quantitative estimate of drug-likeness (QED) is 0.0951. The minimum absolute atomic E-state index is 1.05. The van der Waals surface area contributed by atoms with Crippen LogP contribution in [0.2, 0.25) is 0 Å². The van der Waals surface area contributed by atoms with Gasteiger partial charge >= 0.3 is 0 Å². The summed E-state index contributed by atoms with van der Waals surface area (Å²) in [6.45, 7) is 0. The third kappa shape index (κ3) is 12.8. The molecule has 0 radical (unpaired) electrons. The average molecular weight is 1470 g/mol. The molecule has 116 heavy (non-hydrogen) atoms. The smallest absolute Gasteiger partial charge is 0.0540 e. The van der Waals surface area contributed by atoms with Crippen molar-refractivity contribution in [2.45, 2.75) is 0 Å². The van der Waals surface area contributed by atoms with Gasteiger partial charge < -0.3 is 9.80 Å². The lowest BCUT2D eigenvalue weighted by atomic mass is 9.85. The number of benzene rings is 21. The fourth-order valence-corrected chi connectivity index (χ4v) is 17.9. The van der Waals surface area contributed by atoms with Crippen LogP contribution in [0.25, 0.3) is 176 Å². The van der Waals surface area contributed by atoms with Crippen molar-refractivity contribution >= 4 is 98.8 Å². The molecule has 0 atom stereocenters. The van der Waals surface area contributed by atoms with E-state index in [0.717, 1.165) is 101 Å². The molecule has 0 aliphatic rings.